The second-order valence-electron chi connectivity index (χ2n) is 4.59. The van der Waals surface area contributed by atoms with Crippen LogP contribution in [0.25, 0.3) is 0 Å². The number of thioether (sulfide) groups is 1. The lowest BCUT2D eigenvalue weighted by atomic mass is 10.2. The number of aryl methyl sites for hydroxylation is 2. The highest BCUT2D eigenvalue weighted by Crippen LogP contribution is 2.33. The molecule has 0 atom stereocenters. The zero-order valence-electron chi connectivity index (χ0n) is 13.0. The van der Waals surface area contributed by atoms with Crippen LogP contribution in [0, 0.1) is 13.8 Å². The Balaban J connectivity index is 2.39. The number of hydrogen-bond donors (Lipinski definition) is 0. The summed E-state index contributed by atoms with van der Waals surface area (Å²) in [6.45, 7) is 6.32. The predicted molar refractivity (Wildman–Crippen MR) is 95.0 cm³/mol. The Morgan fingerprint density at radius 2 is 1.95 bits per heavy atom. The lowest BCUT2D eigenvalue weighted by molar-refractivity contribution is 0.321. The van der Waals surface area contributed by atoms with Gasteiger partial charge in [-0.15, -0.1) is 5.11 Å². The summed E-state index contributed by atoms with van der Waals surface area (Å²) >= 11 is 6.74. The number of benzene rings is 1. The molecular formula is C15H18N4OS2. The van der Waals surface area contributed by atoms with Crippen molar-refractivity contribution in [3.63, 3.8) is 0 Å². The van der Waals surface area contributed by atoms with Gasteiger partial charge in [0.05, 0.1) is 18.0 Å². The Bertz CT molecular complexity index is 692. The number of hydrogen-bond acceptors (Lipinski definition) is 6. The van der Waals surface area contributed by atoms with Gasteiger partial charge in [0.1, 0.15) is 0 Å². The summed E-state index contributed by atoms with van der Waals surface area (Å²) in [5.41, 5.74) is 3.31. The number of rotatable bonds is 4. The van der Waals surface area contributed by atoms with Crippen LogP contribution in [-0.2, 0) is 0 Å². The maximum Gasteiger partial charge on any atom is 0.246 e. The van der Waals surface area contributed by atoms with E-state index in [1.807, 2.05) is 51.3 Å². The van der Waals surface area contributed by atoms with E-state index < -0.39 is 0 Å². The zero-order valence-corrected chi connectivity index (χ0v) is 14.7. The molecule has 0 N–H and O–H groups in total. The fraction of sp³-hybridized carbons (Fsp3) is 0.333. The van der Waals surface area contributed by atoms with Gasteiger partial charge in [0, 0.05) is 0 Å². The van der Waals surface area contributed by atoms with Crippen molar-refractivity contribution in [1.29, 1.82) is 0 Å². The SMILES string of the molecule is CCOc1c(N=Nc2ccc(C)cc2)c(C)nn1C(=S)SC. The van der Waals surface area contributed by atoms with Crippen molar-refractivity contribution in [2.24, 2.45) is 10.2 Å². The molecule has 0 aliphatic heterocycles. The van der Waals surface area contributed by atoms with Gasteiger partial charge in [-0.05, 0) is 39.2 Å². The molecule has 0 aliphatic rings. The molecule has 0 saturated carbocycles. The Kier molecular flexibility index (Phi) is 5.68. The highest BCUT2D eigenvalue weighted by molar-refractivity contribution is 8.22. The van der Waals surface area contributed by atoms with Gasteiger partial charge in [-0.25, -0.2) is 0 Å². The van der Waals surface area contributed by atoms with Crippen LogP contribution in [0.4, 0.5) is 11.4 Å². The van der Waals surface area contributed by atoms with Crippen LogP contribution >= 0.6 is 24.0 Å². The van der Waals surface area contributed by atoms with Crippen molar-refractivity contribution in [2.75, 3.05) is 12.9 Å². The molecule has 2 rings (SSSR count). The molecule has 0 aliphatic carbocycles. The molecule has 0 unspecified atom stereocenters. The molecule has 0 spiro atoms. The first-order chi connectivity index (χ1) is 10.6. The van der Waals surface area contributed by atoms with Crippen LogP contribution in [0.5, 0.6) is 5.88 Å². The van der Waals surface area contributed by atoms with E-state index in [9.17, 15) is 0 Å². The van der Waals surface area contributed by atoms with Crippen LogP contribution in [0.15, 0.2) is 34.5 Å². The summed E-state index contributed by atoms with van der Waals surface area (Å²) in [7, 11) is 0. The molecule has 2 aromatic rings. The summed E-state index contributed by atoms with van der Waals surface area (Å²) in [4.78, 5) is 0. The van der Waals surface area contributed by atoms with Gasteiger partial charge >= 0.3 is 0 Å². The molecule has 0 bridgehead atoms. The highest BCUT2D eigenvalue weighted by atomic mass is 32.2. The molecule has 0 fully saturated rings. The summed E-state index contributed by atoms with van der Waals surface area (Å²) in [6, 6.07) is 7.84. The summed E-state index contributed by atoms with van der Waals surface area (Å²) in [5, 5.41) is 13.0. The average Bonchev–Trinajstić information content (AvgIpc) is 2.83. The molecule has 1 aromatic heterocycles. The highest BCUT2D eigenvalue weighted by Gasteiger charge is 2.19. The van der Waals surface area contributed by atoms with Crippen LogP contribution < -0.4 is 4.74 Å². The van der Waals surface area contributed by atoms with E-state index in [1.54, 1.807) is 4.68 Å². The first-order valence-corrected chi connectivity index (χ1v) is 8.49. The fourth-order valence-corrected chi connectivity index (χ4v) is 2.23. The molecule has 0 saturated heterocycles. The molecule has 0 radical (unpaired) electrons. The first-order valence-electron chi connectivity index (χ1n) is 6.86. The van der Waals surface area contributed by atoms with E-state index in [0.717, 1.165) is 11.4 Å². The number of thiocarbonyl (C=S) groups is 1. The van der Waals surface area contributed by atoms with E-state index in [4.69, 9.17) is 17.0 Å². The van der Waals surface area contributed by atoms with E-state index in [-0.39, 0.29) is 0 Å². The van der Waals surface area contributed by atoms with Crippen LogP contribution in [0.3, 0.4) is 0 Å². The molecule has 5 nitrogen and oxygen atoms in total. The lowest BCUT2D eigenvalue weighted by Gasteiger charge is -2.06. The molecule has 1 heterocycles. The van der Waals surface area contributed by atoms with Crippen molar-refractivity contribution in [3.8, 4) is 5.88 Å². The van der Waals surface area contributed by atoms with E-state index in [0.29, 0.717) is 22.5 Å². The van der Waals surface area contributed by atoms with E-state index in [2.05, 4.69) is 15.3 Å². The van der Waals surface area contributed by atoms with Gasteiger partial charge in [0.2, 0.25) is 5.88 Å². The van der Waals surface area contributed by atoms with Gasteiger partial charge in [0.25, 0.3) is 0 Å². The molecule has 116 valence electrons. The number of ether oxygens (including phenoxy) is 1. The van der Waals surface area contributed by atoms with Crippen LogP contribution in [0.1, 0.15) is 18.2 Å². The molecule has 22 heavy (non-hydrogen) atoms. The monoisotopic (exact) mass is 334 g/mol. The summed E-state index contributed by atoms with van der Waals surface area (Å²) in [6.07, 6.45) is 1.91. The Hall–Kier alpha value is -1.73. The number of azo groups is 1. The van der Waals surface area contributed by atoms with Gasteiger partial charge in [-0.2, -0.15) is 14.9 Å². The minimum atomic E-state index is 0.509. The Morgan fingerprint density at radius 1 is 1.27 bits per heavy atom. The van der Waals surface area contributed by atoms with Gasteiger partial charge in [-0.3, -0.25) is 0 Å². The maximum absolute atomic E-state index is 5.67. The van der Waals surface area contributed by atoms with E-state index in [1.165, 1.54) is 17.3 Å². The molecular weight excluding hydrogens is 316 g/mol. The fourth-order valence-electron chi connectivity index (χ4n) is 1.81. The largest absolute Gasteiger partial charge is 0.476 e. The first kappa shape index (κ1) is 16.6. The average molecular weight is 334 g/mol. The third kappa shape index (κ3) is 3.72. The normalized spacial score (nSPS) is 11.1. The standard InChI is InChI=1S/C15H18N4OS2/c1-5-20-14-13(11(3)18-19(14)15(21)22-4)17-16-12-8-6-10(2)7-9-12/h6-9H,5H2,1-4H3. The Labute approximate surface area is 139 Å². The summed E-state index contributed by atoms with van der Waals surface area (Å²) in [5.74, 6) is 0.537. The lowest BCUT2D eigenvalue weighted by Crippen LogP contribution is -2.09. The molecule has 1 aromatic carbocycles. The zero-order chi connectivity index (χ0) is 16.1. The van der Waals surface area contributed by atoms with Crippen molar-refractivity contribution >= 4 is 39.7 Å². The summed E-state index contributed by atoms with van der Waals surface area (Å²) < 4.78 is 7.88. The smallest absolute Gasteiger partial charge is 0.246 e. The van der Waals surface area contributed by atoms with Gasteiger partial charge < -0.3 is 4.74 Å². The van der Waals surface area contributed by atoms with Gasteiger partial charge in [-0.1, -0.05) is 41.7 Å². The molecule has 0 amide bonds. The number of nitrogens with zero attached hydrogens (tertiary/aromatic N) is 4. The quantitative estimate of drug-likeness (QED) is 0.595. The second-order valence-corrected chi connectivity index (χ2v) is 6.03. The second kappa shape index (κ2) is 7.51. The van der Waals surface area contributed by atoms with Gasteiger partial charge in [0.15, 0.2) is 10.0 Å². The minimum Gasteiger partial charge on any atom is -0.476 e. The minimum absolute atomic E-state index is 0.509. The van der Waals surface area contributed by atoms with Crippen molar-refractivity contribution in [3.05, 3.63) is 35.5 Å². The molecule has 7 heteroatoms. The van der Waals surface area contributed by atoms with Crippen molar-refractivity contribution in [1.82, 2.24) is 9.78 Å². The topological polar surface area (TPSA) is 51.8 Å². The third-order valence-corrected chi connectivity index (χ3v) is 4.11. The van der Waals surface area contributed by atoms with Crippen LogP contribution in [-0.4, -0.2) is 27.0 Å². The predicted octanol–water partition coefficient (Wildman–Crippen LogP) is 4.81. The van der Waals surface area contributed by atoms with Crippen molar-refractivity contribution in [2.45, 2.75) is 20.8 Å². The van der Waals surface area contributed by atoms with Crippen LogP contribution in [0.2, 0.25) is 0 Å². The Morgan fingerprint density at radius 3 is 2.55 bits per heavy atom. The van der Waals surface area contributed by atoms with E-state index >= 15 is 0 Å². The number of aromatic nitrogens is 2. The maximum atomic E-state index is 5.67. The third-order valence-electron chi connectivity index (χ3n) is 2.92. The van der Waals surface area contributed by atoms with Crippen molar-refractivity contribution < 1.29 is 4.74 Å².